The van der Waals surface area contributed by atoms with E-state index in [1.165, 1.54) is 6.07 Å². The van der Waals surface area contributed by atoms with Gasteiger partial charge in [-0.25, -0.2) is 4.98 Å². The summed E-state index contributed by atoms with van der Waals surface area (Å²) in [5.41, 5.74) is -0.0966. The highest BCUT2D eigenvalue weighted by Crippen LogP contribution is 2.26. The van der Waals surface area contributed by atoms with Gasteiger partial charge in [-0.1, -0.05) is 24.9 Å². The van der Waals surface area contributed by atoms with Crippen molar-refractivity contribution in [1.29, 1.82) is 0 Å². The number of likely N-dealkylation sites (tertiary alicyclic amines) is 1. The van der Waals surface area contributed by atoms with Crippen molar-refractivity contribution in [1.82, 2.24) is 9.88 Å². The number of piperidine rings is 1. The molecule has 114 valence electrons. The van der Waals surface area contributed by atoms with E-state index in [9.17, 15) is 14.9 Å². The van der Waals surface area contributed by atoms with Crippen molar-refractivity contribution in [2.75, 3.05) is 6.54 Å². The number of aromatic nitrogens is 1. The predicted molar refractivity (Wildman–Crippen MR) is 79.5 cm³/mol. The van der Waals surface area contributed by atoms with E-state index in [4.69, 9.17) is 11.6 Å². The zero-order valence-electron chi connectivity index (χ0n) is 11.9. The molecule has 1 fully saturated rings. The molecular formula is C14H18ClN3O3. The van der Waals surface area contributed by atoms with Gasteiger partial charge in [0.2, 0.25) is 0 Å². The third kappa shape index (κ3) is 3.50. The van der Waals surface area contributed by atoms with Crippen LogP contribution in [0.3, 0.4) is 0 Å². The summed E-state index contributed by atoms with van der Waals surface area (Å²) in [7, 11) is 0. The van der Waals surface area contributed by atoms with Gasteiger partial charge in [-0.3, -0.25) is 14.9 Å². The second kappa shape index (κ2) is 6.85. The highest BCUT2D eigenvalue weighted by Gasteiger charge is 2.29. The largest absolute Gasteiger partial charge is 0.336 e. The molecule has 1 amide bonds. The number of nitro groups is 1. The maximum Gasteiger partial charge on any atom is 0.288 e. The number of amides is 1. The molecular weight excluding hydrogens is 294 g/mol. The van der Waals surface area contributed by atoms with Crippen molar-refractivity contribution in [3.8, 4) is 0 Å². The molecule has 2 rings (SSSR count). The fraction of sp³-hybridized carbons (Fsp3) is 0.571. The lowest BCUT2D eigenvalue weighted by molar-refractivity contribution is -0.385. The first-order chi connectivity index (χ1) is 10.0. The molecule has 0 radical (unpaired) electrons. The van der Waals surface area contributed by atoms with Gasteiger partial charge in [0.05, 0.1) is 10.5 Å². The summed E-state index contributed by atoms with van der Waals surface area (Å²) in [6, 6.07) is 1.40. The van der Waals surface area contributed by atoms with Gasteiger partial charge in [0, 0.05) is 18.7 Å². The zero-order valence-corrected chi connectivity index (χ0v) is 12.7. The Kier molecular flexibility index (Phi) is 5.12. The van der Waals surface area contributed by atoms with Crippen molar-refractivity contribution in [3.63, 3.8) is 0 Å². The van der Waals surface area contributed by atoms with E-state index >= 15 is 0 Å². The maximum atomic E-state index is 12.7. The Balaban J connectivity index is 2.29. The number of hydrogen-bond donors (Lipinski definition) is 0. The van der Waals surface area contributed by atoms with Crippen LogP contribution in [0.1, 0.15) is 49.4 Å². The Bertz CT molecular complexity index is 548. The minimum Gasteiger partial charge on any atom is -0.336 e. The molecule has 1 unspecified atom stereocenters. The van der Waals surface area contributed by atoms with Crippen LogP contribution in [0.25, 0.3) is 0 Å². The van der Waals surface area contributed by atoms with Crippen molar-refractivity contribution in [3.05, 3.63) is 33.1 Å². The minimum absolute atomic E-state index is 0.0198. The van der Waals surface area contributed by atoms with E-state index < -0.39 is 4.92 Å². The Hall–Kier alpha value is -1.69. The van der Waals surface area contributed by atoms with Crippen LogP contribution < -0.4 is 0 Å². The summed E-state index contributed by atoms with van der Waals surface area (Å²) < 4.78 is 0. The summed E-state index contributed by atoms with van der Waals surface area (Å²) >= 11 is 5.96. The average molecular weight is 312 g/mol. The SMILES string of the molecule is CCCC1CCCCN1C(=O)c1cc([N+](=O)[O-])cnc1Cl. The molecule has 1 aromatic heterocycles. The molecule has 0 saturated carbocycles. The van der Waals surface area contributed by atoms with Gasteiger partial charge >= 0.3 is 0 Å². The highest BCUT2D eigenvalue weighted by molar-refractivity contribution is 6.32. The maximum absolute atomic E-state index is 12.7. The van der Waals surface area contributed by atoms with Gasteiger partial charge in [-0.2, -0.15) is 0 Å². The summed E-state index contributed by atoms with van der Waals surface area (Å²) in [6.45, 7) is 2.75. The van der Waals surface area contributed by atoms with Crippen LogP contribution in [0.5, 0.6) is 0 Å². The lowest BCUT2D eigenvalue weighted by atomic mass is 9.97. The standard InChI is InChI=1S/C14H18ClN3O3/c1-2-5-10-6-3-4-7-17(10)14(19)12-8-11(18(20)21)9-16-13(12)15/h8-10H,2-7H2,1H3. The van der Waals surface area contributed by atoms with Gasteiger partial charge in [0.15, 0.2) is 0 Å². The molecule has 0 aromatic carbocycles. The number of carbonyl (C=O) groups is 1. The van der Waals surface area contributed by atoms with Gasteiger partial charge in [-0.15, -0.1) is 0 Å². The smallest absolute Gasteiger partial charge is 0.288 e. The van der Waals surface area contributed by atoms with Gasteiger partial charge in [-0.05, 0) is 25.7 Å². The quantitative estimate of drug-likeness (QED) is 0.485. The van der Waals surface area contributed by atoms with Crippen LogP contribution in [0, 0.1) is 10.1 Å². The number of hydrogen-bond acceptors (Lipinski definition) is 4. The van der Waals surface area contributed by atoms with Crippen LogP contribution in [0.2, 0.25) is 5.15 Å². The molecule has 2 heterocycles. The summed E-state index contributed by atoms with van der Waals surface area (Å²) in [5, 5.41) is 10.8. The Morgan fingerprint density at radius 3 is 3.00 bits per heavy atom. The van der Waals surface area contributed by atoms with E-state index in [-0.39, 0.29) is 28.4 Å². The fourth-order valence-electron chi connectivity index (χ4n) is 2.74. The van der Waals surface area contributed by atoms with Crippen molar-refractivity contribution < 1.29 is 9.72 Å². The molecule has 1 saturated heterocycles. The molecule has 0 aliphatic carbocycles. The van der Waals surface area contributed by atoms with Crippen LogP contribution in [0.4, 0.5) is 5.69 Å². The molecule has 1 aliphatic rings. The van der Waals surface area contributed by atoms with E-state index in [2.05, 4.69) is 11.9 Å². The average Bonchev–Trinajstić information content (AvgIpc) is 2.47. The molecule has 7 heteroatoms. The van der Waals surface area contributed by atoms with Crippen LogP contribution in [-0.4, -0.2) is 33.3 Å². The summed E-state index contributed by atoms with van der Waals surface area (Å²) in [6.07, 6.45) is 6.03. The van der Waals surface area contributed by atoms with E-state index in [1.807, 2.05) is 0 Å². The molecule has 6 nitrogen and oxygen atoms in total. The molecule has 0 spiro atoms. The third-order valence-electron chi connectivity index (χ3n) is 3.78. The first-order valence-corrected chi connectivity index (χ1v) is 7.53. The van der Waals surface area contributed by atoms with Crippen molar-refractivity contribution >= 4 is 23.2 Å². The van der Waals surface area contributed by atoms with Crippen LogP contribution in [0.15, 0.2) is 12.3 Å². The topological polar surface area (TPSA) is 76.3 Å². The van der Waals surface area contributed by atoms with E-state index in [0.29, 0.717) is 6.54 Å². The number of rotatable bonds is 4. The Labute approximate surface area is 128 Å². The van der Waals surface area contributed by atoms with Crippen LogP contribution in [-0.2, 0) is 0 Å². The van der Waals surface area contributed by atoms with Crippen molar-refractivity contribution in [2.24, 2.45) is 0 Å². The predicted octanol–water partition coefficient (Wildman–Crippen LogP) is 3.44. The first kappa shape index (κ1) is 15.7. The van der Waals surface area contributed by atoms with E-state index in [0.717, 1.165) is 38.3 Å². The summed E-state index contributed by atoms with van der Waals surface area (Å²) in [5.74, 6) is -0.255. The van der Waals surface area contributed by atoms with Gasteiger partial charge in [0.25, 0.3) is 11.6 Å². The zero-order chi connectivity index (χ0) is 15.4. The summed E-state index contributed by atoms with van der Waals surface area (Å²) in [4.78, 5) is 28.5. The Morgan fingerprint density at radius 1 is 1.57 bits per heavy atom. The molecule has 1 aliphatic heterocycles. The Morgan fingerprint density at radius 2 is 2.33 bits per heavy atom. The molecule has 1 aromatic rings. The van der Waals surface area contributed by atoms with Gasteiger partial charge < -0.3 is 4.90 Å². The lowest BCUT2D eigenvalue weighted by Gasteiger charge is -2.35. The van der Waals surface area contributed by atoms with Crippen LogP contribution >= 0.6 is 11.6 Å². The molecule has 0 bridgehead atoms. The molecule has 1 atom stereocenters. The number of nitrogens with zero attached hydrogens (tertiary/aromatic N) is 3. The first-order valence-electron chi connectivity index (χ1n) is 7.15. The highest BCUT2D eigenvalue weighted by atomic mass is 35.5. The number of pyridine rings is 1. The number of halogens is 1. The second-order valence-electron chi connectivity index (χ2n) is 5.23. The third-order valence-corrected chi connectivity index (χ3v) is 4.08. The van der Waals surface area contributed by atoms with E-state index in [1.54, 1.807) is 4.90 Å². The lowest BCUT2D eigenvalue weighted by Crippen LogP contribution is -2.43. The fourth-order valence-corrected chi connectivity index (χ4v) is 2.93. The number of carbonyl (C=O) groups excluding carboxylic acids is 1. The monoisotopic (exact) mass is 311 g/mol. The minimum atomic E-state index is -0.570. The normalized spacial score (nSPS) is 18.6. The molecule has 21 heavy (non-hydrogen) atoms. The van der Waals surface area contributed by atoms with Crippen molar-refractivity contribution in [2.45, 2.75) is 45.1 Å². The van der Waals surface area contributed by atoms with Gasteiger partial charge in [0.1, 0.15) is 11.3 Å². The molecule has 0 N–H and O–H groups in total. The second-order valence-corrected chi connectivity index (χ2v) is 5.58.